The number of aliphatic carboxylic acids is 1. The molecule has 0 saturated carbocycles. The van der Waals surface area contributed by atoms with Gasteiger partial charge >= 0.3 is 5.97 Å². The van der Waals surface area contributed by atoms with Crippen LogP contribution in [0.25, 0.3) is 0 Å². The van der Waals surface area contributed by atoms with E-state index in [-0.39, 0.29) is 12.1 Å². The highest BCUT2D eigenvalue weighted by Crippen LogP contribution is 2.15. The molecule has 2 N–H and O–H groups in total. The van der Waals surface area contributed by atoms with Gasteiger partial charge in [-0.25, -0.2) is 4.79 Å². The molecule has 0 saturated heterocycles. The molecule has 16 heavy (non-hydrogen) atoms. The Bertz CT molecular complexity index is 443. The number of carbonyl (C=O) groups excluding carboxylic acids is 1. The van der Waals surface area contributed by atoms with Crippen LogP contribution in [-0.2, 0) is 14.4 Å². The van der Waals surface area contributed by atoms with E-state index in [0.29, 0.717) is 5.00 Å². The van der Waals surface area contributed by atoms with E-state index in [1.54, 1.807) is 0 Å². The number of carbonyl (C=O) groups is 2. The highest BCUT2D eigenvalue weighted by atomic mass is 32.1. The molecule has 8 nitrogen and oxygen atoms in total. The van der Waals surface area contributed by atoms with Gasteiger partial charge in [-0.15, -0.1) is 5.10 Å². The molecule has 2 rings (SSSR count). The number of aromatic nitrogens is 2. The lowest BCUT2D eigenvalue weighted by Crippen LogP contribution is -2.28. The van der Waals surface area contributed by atoms with E-state index in [0.717, 1.165) is 11.5 Å². The van der Waals surface area contributed by atoms with Crippen LogP contribution in [0, 0.1) is 0 Å². The molecular weight excluding hydrogens is 236 g/mol. The van der Waals surface area contributed by atoms with E-state index in [9.17, 15) is 9.59 Å². The van der Waals surface area contributed by atoms with Crippen LogP contribution in [0.15, 0.2) is 11.4 Å². The largest absolute Gasteiger partial charge is 0.477 e. The van der Waals surface area contributed by atoms with Gasteiger partial charge < -0.3 is 15.3 Å². The lowest BCUT2D eigenvalue weighted by molar-refractivity contribution is -0.129. The molecule has 84 valence electrons. The van der Waals surface area contributed by atoms with Gasteiger partial charge in [0.15, 0.2) is 5.71 Å². The molecule has 0 bridgehead atoms. The molecule has 1 atom stereocenters. The van der Waals surface area contributed by atoms with Crippen LogP contribution in [0.4, 0.5) is 5.00 Å². The zero-order valence-corrected chi connectivity index (χ0v) is 8.60. The summed E-state index contributed by atoms with van der Waals surface area (Å²) in [5, 5.41) is 18.4. The third-order valence-electron chi connectivity index (χ3n) is 1.82. The molecule has 1 aromatic heterocycles. The maximum Gasteiger partial charge on any atom is 0.353 e. The SMILES string of the molecule is O=C(O)C1=NOC(C(=O)Nc2cnns2)C1. The van der Waals surface area contributed by atoms with Crippen molar-refractivity contribution in [2.75, 3.05) is 5.32 Å². The van der Waals surface area contributed by atoms with Crippen molar-refractivity contribution >= 4 is 34.1 Å². The van der Waals surface area contributed by atoms with Gasteiger partial charge in [-0.3, -0.25) is 4.79 Å². The number of hydrogen-bond donors (Lipinski definition) is 2. The smallest absolute Gasteiger partial charge is 0.353 e. The molecule has 1 aliphatic heterocycles. The summed E-state index contributed by atoms with van der Waals surface area (Å²) in [5.41, 5.74) is -0.164. The highest BCUT2D eigenvalue weighted by Gasteiger charge is 2.31. The molecule has 1 unspecified atom stereocenters. The van der Waals surface area contributed by atoms with E-state index in [2.05, 4.69) is 20.1 Å². The third kappa shape index (κ3) is 2.14. The average molecular weight is 242 g/mol. The molecule has 1 aromatic rings. The first-order valence-electron chi connectivity index (χ1n) is 4.21. The quantitative estimate of drug-likeness (QED) is 0.752. The second-order valence-electron chi connectivity index (χ2n) is 2.91. The summed E-state index contributed by atoms with van der Waals surface area (Å²) in [6.45, 7) is 0. The van der Waals surface area contributed by atoms with Crippen molar-refractivity contribution in [3.63, 3.8) is 0 Å². The van der Waals surface area contributed by atoms with Crippen molar-refractivity contribution in [2.24, 2.45) is 5.16 Å². The molecule has 0 spiro atoms. The first-order valence-corrected chi connectivity index (χ1v) is 4.98. The topological polar surface area (TPSA) is 114 Å². The Morgan fingerprint density at radius 1 is 1.62 bits per heavy atom. The van der Waals surface area contributed by atoms with Crippen molar-refractivity contribution in [3.05, 3.63) is 6.20 Å². The molecule has 0 aliphatic carbocycles. The number of hydrogen-bond acceptors (Lipinski definition) is 7. The van der Waals surface area contributed by atoms with E-state index >= 15 is 0 Å². The Hall–Kier alpha value is -2.03. The second kappa shape index (κ2) is 4.23. The van der Waals surface area contributed by atoms with Crippen LogP contribution in [0.5, 0.6) is 0 Å². The fourth-order valence-corrected chi connectivity index (χ4v) is 1.49. The lowest BCUT2D eigenvalue weighted by Gasteiger charge is -2.06. The summed E-state index contributed by atoms with van der Waals surface area (Å²) in [6, 6.07) is 0. The van der Waals surface area contributed by atoms with Crippen LogP contribution >= 0.6 is 11.5 Å². The molecule has 0 fully saturated rings. The van der Waals surface area contributed by atoms with Gasteiger partial charge in [-0.05, 0) is 0 Å². The molecule has 1 amide bonds. The summed E-state index contributed by atoms with van der Waals surface area (Å²) in [6.07, 6.45) is 0.428. The Morgan fingerprint density at radius 2 is 2.44 bits per heavy atom. The van der Waals surface area contributed by atoms with Crippen LogP contribution in [-0.4, -0.2) is 38.4 Å². The molecule has 2 heterocycles. The molecule has 9 heteroatoms. The normalized spacial score (nSPS) is 18.8. The molecule has 1 aliphatic rings. The highest BCUT2D eigenvalue weighted by molar-refractivity contribution is 7.10. The van der Waals surface area contributed by atoms with Crippen molar-refractivity contribution in [1.82, 2.24) is 9.59 Å². The monoisotopic (exact) mass is 242 g/mol. The minimum absolute atomic E-state index is 0.0482. The van der Waals surface area contributed by atoms with Crippen LogP contribution in [0.3, 0.4) is 0 Å². The molecule has 0 radical (unpaired) electrons. The summed E-state index contributed by atoms with van der Waals surface area (Å²) in [4.78, 5) is 26.8. The number of oxime groups is 1. The van der Waals surface area contributed by atoms with Crippen molar-refractivity contribution in [1.29, 1.82) is 0 Å². The van der Waals surface area contributed by atoms with Crippen LogP contribution in [0.1, 0.15) is 6.42 Å². The third-order valence-corrected chi connectivity index (χ3v) is 2.40. The maximum atomic E-state index is 11.5. The van der Waals surface area contributed by atoms with Crippen LogP contribution in [0.2, 0.25) is 0 Å². The van der Waals surface area contributed by atoms with Gasteiger partial charge in [0.2, 0.25) is 6.10 Å². The van der Waals surface area contributed by atoms with Crippen molar-refractivity contribution in [3.8, 4) is 0 Å². The fourth-order valence-electron chi connectivity index (χ4n) is 1.07. The minimum atomic E-state index is -1.19. The Morgan fingerprint density at radius 3 is 3.00 bits per heavy atom. The molecular formula is C7H6N4O4S. The van der Waals surface area contributed by atoms with E-state index in [1.165, 1.54) is 6.20 Å². The Kier molecular flexibility index (Phi) is 2.77. The number of carboxylic acid groups (broad SMARTS) is 1. The summed E-state index contributed by atoms with van der Waals surface area (Å²) in [7, 11) is 0. The van der Waals surface area contributed by atoms with Gasteiger partial charge in [0.1, 0.15) is 5.00 Å². The van der Waals surface area contributed by atoms with Gasteiger partial charge in [0, 0.05) is 18.0 Å². The Balaban J connectivity index is 1.92. The van der Waals surface area contributed by atoms with Gasteiger partial charge in [-0.1, -0.05) is 9.64 Å². The van der Waals surface area contributed by atoms with E-state index in [1.807, 2.05) is 0 Å². The zero-order chi connectivity index (χ0) is 11.5. The van der Waals surface area contributed by atoms with E-state index < -0.39 is 18.0 Å². The summed E-state index contributed by atoms with van der Waals surface area (Å²) < 4.78 is 3.56. The zero-order valence-electron chi connectivity index (χ0n) is 7.78. The van der Waals surface area contributed by atoms with Crippen LogP contribution < -0.4 is 5.32 Å². The predicted octanol–water partition coefficient (Wildman–Crippen LogP) is -0.294. The second-order valence-corrected chi connectivity index (χ2v) is 3.70. The van der Waals surface area contributed by atoms with Gasteiger partial charge in [0.25, 0.3) is 5.91 Å². The summed E-state index contributed by atoms with van der Waals surface area (Å²) >= 11 is 1.01. The standard InChI is InChI=1S/C7H6N4O4S/c12-6(9-5-2-8-11-16-5)4-1-3(7(13)14)10-15-4/h2,4H,1H2,(H,9,12)(H,13,14). The maximum absolute atomic E-state index is 11.5. The lowest BCUT2D eigenvalue weighted by atomic mass is 10.2. The first kappa shape index (κ1) is 10.5. The van der Waals surface area contributed by atoms with Gasteiger partial charge in [0.05, 0.1) is 6.20 Å². The van der Waals surface area contributed by atoms with E-state index in [4.69, 9.17) is 9.94 Å². The number of nitrogens with zero attached hydrogens (tertiary/aromatic N) is 3. The minimum Gasteiger partial charge on any atom is -0.477 e. The Labute approximate surface area is 93.1 Å². The summed E-state index contributed by atoms with van der Waals surface area (Å²) in [5.74, 6) is -1.65. The number of anilines is 1. The first-order chi connectivity index (χ1) is 7.66. The van der Waals surface area contributed by atoms with Crippen molar-refractivity contribution < 1.29 is 19.5 Å². The number of rotatable bonds is 3. The number of nitrogens with one attached hydrogen (secondary N) is 1. The number of amides is 1. The molecule has 0 aromatic carbocycles. The van der Waals surface area contributed by atoms with Crippen molar-refractivity contribution in [2.45, 2.75) is 12.5 Å². The fraction of sp³-hybridized carbons (Fsp3) is 0.286. The van der Waals surface area contributed by atoms with Gasteiger partial charge in [-0.2, -0.15) is 0 Å². The number of carboxylic acids is 1. The average Bonchev–Trinajstić information content (AvgIpc) is 2.86. The predicted molar refractivity (Wildman–Crippen MR) is 53.1 cm³/mol.